The minimum Gasteiger partial charge on any atom is -0.508 e. The maximum atomic E-state index is 9.38. The second-order valence-corrected chi connectivity index (χ2v) is 5.23. The third-order valence-electron chi connectivity index (χ3n) is 3.77. The quantitative estimate of drug-likeness (QED) is 0.699. The summed E-state index contributed by atoms with van der Waals surface area (Å²) >= 11 is 0. The van der Waals surface area contributed by atoms with Crippen molar-refractivity contribution >= 4 is 28.4 Å². The van der Waals surface area contributed by atoms with E-state index >= 15 is 0 Å². The van der Waals surface area contributed by atoms with E-state index in [0.717, 1.165) is 35.5 Å². The zero-order chi connectivity index (χ0) is 16.2. The number of hydrogen-bond acceptors (Lipinski definition) is 5. The van der Waals surface area contributed by atoms with Gasteiger partial charge in [0.05, 0.1) is 5.52 Å². The van der Waals surface area contributed by atoms with Crippen LogP contribution in [0.4, 0.5) is 17.5 Å². The van der Waals surface area contributed by atoms with Crippen LogP contribution in [0.1, 0.15) is 13.8 Å². The summed E-state index contributed by atoms with van der Waals surface area (Å²) in [7, 11) is 0. The van der Waals surface area contributed by atoms with Gasteiger partial charge in [0.15, 0.2) is 0 Å². The van der Waals surface area contributed by atoms with Crippen LogP contribution in [0.25, 0.3) is 10.9 Å². The molecule has 0 aliphatic heterocycles. The van der Waals surface area contributed by atoms with Gasteiger partial charge in [-0.2, -0.15) is 4.98 Å². The summed E-state index contributed by atoms with van der Waals surface area (Å²) in [5.74, 6) is 1.72. The highest BCUT2D eigenvalue weighted by atomic mass is 16.3. The molecule has 5 heteroatoms. The van der Waals surface area contributed by atoms with Gasteiger partial charge in [-0.25, -0.2) is 4.98 Å². The number of hydrogen-bond donors (Lipinski definition) is 2. The Morgan fingerprint density at radius 3 is 2.35 bits per heavy atom. The van der Waals surface area contributed by atoms with Crippen molar-refractivity contribution in [2.75, 3.05) is 23.3 Å². The fourth-order valence-electron chi connectivity index (χ4n) is 2.55. The van der Waals surface area contributed by atoms with Crippen LogP contribution in [-0.2, 0) is 0 Å². The highest BCUT2D eigenvalue weighted by molar-refractivity contribution is 5.90. The Hall–Kier alpha value is -2.82. The number of fused-ring (bicyclic) bond motifs is 1. The Kier molecular flexibility index (Phi) is 4.28. The first-order valence-electron chi connectivity index (χ1n) is 7.79. The zero-order valence-electron chi connectivity index (χ0n) is 13.3. The van der Waals surface area contributed by atoms with Crippen LogP contribution in [0, 0.1) is 0 Å². The molecule has 0 amide bonds. The van der Waals surface area contributed by atoms with Gasteiger partial charge in [0.2, 0.25) is 5.95 Å². The Morgan fingerprint density at radius 2 is 1.65 bits per heavy atom. The standard InChI is InChI=1S/C18H20N4O/c1-3-22(4-2)17-15-7-5-6-8-16(15)20-18(21-17)19-13-9-11-14(23)12-10-13/h5-12,23H,3-4H2,1-2H3,(H,19,20,21). The third kappa shape index (κ3) is 3.18. The summed E-state index contributed by atoms with van der Waals surface area (Å²) < 4.78 is 0. The molecule has 0 aliphatic rings. The topological polar surface area (TPSA) is 61.3 Å². The van der Waals surface area contributed by atoms with Gasteiger partial charge in [-0.1, -0.05) is 12.1 Å². The van der Waals surface area contributed by atoms with Crippen molar-refractivity contribution in [2.24, 2.45) is 0 Å². The van der Waals surface area contributed by atoms with Gasteiger partial charge in [-0.3, -0.25) is 0 Å². The molecule has 2 aromatic carbocycles. The predicted molar refractivity (Wildman–Crippen MR) is 94.5 cm³/mol. The van der Waals surface area contributed by atoms with Crippen molar-refractivity contribution in [3.63, 3.8) is 0 Å². The van der Waals surface area contributed by atoms with Crippen LogP contribution >= 0.6 is 0 Å². The number of para-hydroxylation sites is 1. The van der Waals surface area contributed by atoms with Crippen LogP contribution in [0.2, 0.25) is 0 Å². The first-order valence-corrected chi connectivity index (χ1v) is 7.79. The lowest BCUT2D eigenvalue weighted by molar-refractivity contribution is 0.475. The smallest absolute Gasteiger partial charge is 0.229 e. The van der Waals surface area contributed by atoms with Crippen LogP contribution in [0.5, 0.6) is 5.75 Å². The molecule has 0 spiro atoms. The Balaban J connectivity index is 2.05. The number of anilines is 3. The normalized spacial score (nSPS) is 10.7. The largest absolute Gasteiger partial charge is 0.508 e. The minimum atomic E-state index is 0.235. The van der Waals surface area contributed by atoms with Crippen LogP contribution < -0.4 is 10.2 Å². The Morgan fingerprint density at radius 1 is 0.957 bits per heavy atom. The number of rotatable bonds is 5. The first-order chi connectivity index (χ1) is 11.2. The van der Waals surface area contributed by atoms with Crippen LogP contribution in [-0.4, -0.2) is 28.2 Å². The summed E-state index contributed by atoms with van der Waals surface area (Å²) in [5.41, 5.74) is 1.74. The number of phenols is 1. The average Bonchev–Trinajstić information content (AvgIpc) is 2.58. The SMILES string of the molecule is CCN(CC)c1nc(Nc2ccc(O)cc2)nc2ccccc12. The molecule has 0 bridgehead atoms. The summed E-state index contributed by atoms with van der Waals surface area (Å²) in [5, 5.41) is 13.6. The number of nitrogens with one attached hydrogen (secondary N) is 1. The summed E-state index contributed by atoms with van der Waals surface area (Å²) in [6.07, 6.45) is 0. The molecule has 0 atom stereocenters. The van der Waals surface area contributed by atoms with Gasteiger partial charge >= 0.3 is 0 Å². The molecule has 0 unspecified atom stereocenters. The van der Waals surface area contributed by atoms with Crippen molar-refractivity contribution in [1.82, 2.24) is 9.97 Å². The van der Waals surface area contributed by atoms with E-state index in [2.05, 4.69) is 29.0 Å². The molecule has 3 rings (SSSR count). The summed E-state index contributed by atoms with van der Waals surface area (Å²) in [6.45, 7) is 6.01. The second-order valence-electron chi connectivity index (χ2n) is 5.23. The molecule has 118 valence electrons. The highest BCUT2D eigenvalue weighted by Gasteiger charge is 2.12. The van der Waals surface area contributed by atoms with Crippen molar-refractivity contribution < 1.29 is 5.11 Å². The average molecular weight is 308 g/mol. The third-order valence-corrected chi connectivity index (χ3v) is 3.77. The molecule has 23 heavy (non-hydrogen) atoms. The highest BCUT2D eigenvalue weighted by Crippen LogP contribution is 2.26. The Bertz CT molecular complexity index is 798. The van der Waals surface area contributed by atoms with Gasteiger partial charge < -0.3 is 15.3 Å². The van der Waals surface area contributed by atoms with E-state index in [1.807, 2.05) is 24.3 Å². The van der Waals surface area contributed by atoms with Gasteiger partial charge in [-0.15, -0.1) is 0 Å². The van der Waals surface area contributed by atoms with Crippen molar-refractivity contribution in [3.8, 4) is 5.75 Å². The molecule has 0 saturated heterocycles. The van der Waals surface area contributed by atoms with E-state index in [-0.39, 0.29) is 5.75 Å². The molecule has 2 N–H and O–H groups in total. The second kappa shape index (κ2) is 6.52. The van der Waals surface area contributed by atoms with Gasteiger partial charge in [0, 0.05) is 24.2 Å². The fourth-order valence-corrected chi connectivity index (χ4v) is 2.55. The van der Waals surface area contributed by atoms with E-state index in [4.69, 9.17) is 4.98 Å². The fraction of sp³-hybridized carbons (Fsp3) is 0.222. The maximum Gasteiger partial charge on any atom is 0.229 e. The van der Waals surface area contributed by atoms with E-state index in [9.17, 15) is 5.11 Å². The van der Waals surface area contributed by atoms with Gasteiger partial charge in [-0.05, 0) is 50.2 Å². The molecule has 3 aromatic rings. The lowest BCUT2D eigenvalue weighted by Gasteiger charge is -2.22. The predicted octanol–water partition coefficient (Wildman–Crippen LogP) is 3.93. The number of nitrogens with zero attached hydrogens (tertiary/aromatic N) is 3. The molecule has 0 radical (unpaired) electrons. The van der Waals surface area contributed by atoms with Crippen LogP contribution in [0.15, 0.2) is 48.5 Å². The Labute approximate surface area is 135 Å². The summed E-state index contributed by atoms with van der Waals surface area (Å²) in [4.78, 5) is 11.5. The molecular formula is C18H20N4O. The van der Waals surface area contributed by atoms with E-state index in [0.29, 0.717) is 5.95 Å². The number of aromatic nitrogens is 2. The number of benzene rings is 2. The number of phenolic OH excluding ortho intramolecular Hbond substituents is 1. The zero-order valence-corrected chi connectivity index (χ0v) is 13.3. The molecule has 1 heterocycles. The molecular weight excluding hydrogens is 288 g/mol. The number of aromatic hydroxyl groups is 1. The lowest BCUT2D eigenvalue weighted by Crippen LogP contribution is -2.23. The van der Waals surface area contributed by atoms with Gasteiger partial charge in [0.1, 0.15) is 11.6 Å². The molecule has 5 nitrogen and oxygen atoms in total. The van der Waals surface area contributed by atoms with Crippen molar-refractivity contribution in [3.05, 3.63) is 48.5 Å². The first kappa shape index (κ1) is 15.1. The van der Waals surface area contributed by atoms with Crippen molar-refractivity contribution in [2.45, 2.75) is 13.8 Å². The van der Waals surface area contributed by atoms with Crippen LogP contribution in [0.3, 0.4) is 0 Å². The minimum absolute atomic E-state index is 0.235. The molecule has 0 aliphatic carbocycles. The monoisotopic (exact) mass is 308 g/mol. The summed E-state index contributed by atoms with van der Waals surface area (Å²) in [6, 6.07) is 14.9. The van der Waals surface area contributed by atoms with Crippen molar-refractivity contribution in [1.29, 1.82) is 0 Å². The van der Waals surface area contributed by atoms with Gasteiger partial charge in [0.25, 0.3) is 0 Å². The lowest BCUT2D eigenvalue weighted by atomic mass is 10.2. The van der Waals surface area contributed by atoms with E-state index in [1.54, 1.807) is 24.3 Å². The van der Waals surface area contributed by atoms with E-state index < -0.39 is 0 Å². The molecule has 0 saturated carbocycles. The molecule has 0 fully saturated rings. The van der Waals surface area contributed by atoms with E-state index in [1.165, 1.54) is 0 Å². The maximum absolute atomic E-state index is 9.38. The molecule has 1 aromatic heterocycles.